The zero-order chi connectivity index (χ0) is 30.6. The molecule has 3 atom stereocenters. The van der Waals surface area contributed by atoms with E-state index in [1.807, 2.05) is 0 Å². The average molecular weight is 602 g/mol. The van der Waals surface area contributed by atoms with Gasteiger partial charge in [-0.05, 0) is 19.8 Å². The van der Waals surface area contributed by atoms with Crippen LogP contribution in [0.25, 0.3) is 0 Å². The van der Waals surface area contributed by atoms with E-state index in [9.17, 15) is 49.1 Å². The lowest BCUT2D eigenvalue weighted by Gasteiger charge is -2.18. The summed E-state index contributed by atoms with van der Waals surface area (Å²) in [5.41, 5.74) is -2.94. The molecule has 16 heteroatoms. The van der Waals surface area contributed by atoms with Crippen LogP contribution in [0.15, 0.2) is 0 Å². The molecule has 0 spiro atoms. The fourth-order valence-corrected chi connectivity index (χ4v) is 3.92. The van der Waals surface area contributed by atoms with Crippen LogP contribution >= 0.6 is 0 Å². The van der Waals surface area contributed by atoms with E-state index in [4.69, 9.17) is 14.2 Å². The van der Waals surface area contributed by atoms with Crippen molar-refractivity contribution in [3.63, 3.8) is 0 Å². The second kappa shape index (κ2) is 13.5. The van der Waals surface area contributed by atoms with Crippen molar-refractivity contribution >= 4 is 11.8 Å². The smallest absolute Gasteiger partial charge is 0.272 e. The van der Waals surface area contributed by atoms with Crippen LogP contribution in [-0.4, -0.2) is 50.7 Å². The SMILES string of the molecule is COC1OC(CNC(=O)CCc2c(F)c(F)c(C)c(F)c2F)C(CNC(=O)CCc2c(F)c(F)c(F)c(F)c2F)O1. The number of benzene rings is 2. The fourth-order valence-electron chi connectivity index (χ4n) is 3.92. The monoisotopic (exact) mass is 602 g/mol. The molecule has 0 radical (unpaired) electrons. The van der Waals surface area contributed by atoms with E-state index in [2.05, 4.69) is 10.6 Å². The molecule has 1 heterocycles. The van der Waals surface area contributed by atoms with Crippen LogP contribution in [0.3, 0.4) is 0 Å². The number of methoxy groups -OCH3 is 1. The van der Waals surface area contributed by atoms with Gasteiger partial charge in [-0.3, -0.25) is 9.59 Å². The molecule has 0 aliphatic carbocycles. The highest BCUT2D eigenvalue weighted by Gasteiger charge is 2.37. The summed E-state index contributed by atoms with van der Waals surface area (Å²) >= 11 is 0. The van der Waals surface area contributed by atoms with Gasteiger partial charge in [-0.15, -0.1) is 0 Å². The molecular formula is C25H23F9N2O5. The van der Waals surface area contributed by atoms with Crippen molar-refractivity contribution in [3.8, 4) is 0 Å². The van der Waals surface area contributed by atoms with E-state index in [-0.39, 0.29) is 13.1 Å². The lowest BCUT2D eigenvalue weighted by Crippen LogP contribution is -2.43. The van der Waals surface area contributed by atoms with Crippen LogP contribution < -0.4 is 10.6 Å². The molecule has 226 valence electrons. The Kier molecular flexibility index (Phi) is 10.6. The molecule has 41 heavy (non-hydrogen) atoms. The molecule has 3 rings (SSSR count). The molecule has 7 nitrogen and oxygen atoms in total. The molecule has 1 aliphatic rings. The largest absolute Gasteiger partial charge is 0.353 e. The lowest BCUT2D eigenvalue weighted by molar-refractivity contribution is -0.227. The first-order valence-electron chi connectivity index (χ1n) is 12.0. The number of carbonyl (C=O) groups excluding carboxylic acids is 2. The Morgan fingerprint density at radius 1 is 0.634 bits per heavy atom. The third-order valence-corrected chi connectivity index (χ3v) is 6.26. The van der Waals surface area contributed by atoms with Gasteiger partial charge in [-0.1, -0.05) is 0 Å². The Morgan fingerprint density at radius 3 is 1.34 bits per heavy atom. The summed E-state index contributed by atoms with van der Waals surface area (Å²) in [5.74, 6) is -18.7. The first kappa shape index (κ1) is 32.1. The van der Waals surface area contributed by atoms with Gasteiger partial charge in [-0.2, -0.15) is 0 Å². The predicted octanol–water partition coefficient (Wildman–Crippen LogP) is 3.76. The molecule has 0 aromatic heterocycles. The highest BCUT2D eigenvalue weighted by Crippen LogP contribution is 2.26. The van der Waals surface area contributed by atoms with Crippen LogP contribution in [0.2, 0.25) is 0 Å². The second-order valence-corrected chi connectivity index (χ2v) is 8.89. The zero-order valence-corrected chi connectivity index (χ0v) is 21.4. The predicted molar refractivity (Wildman–Crippen MR) is 120 cm³/mol. The number of carbonyl (C=O) groups is 2. The zero-order valence-electron chi connectivity index (χ0n) is 21.4. The normalized spacial score (nSPS) is 18.6. The maximum atomic E-state index is 14.0. The van der Waals surface area contributed by atoms with Gasteiger partial charge in [0.05, 0.1) is 0 Å². The summed E-state index contributed by atoms with van der Waals surface area (Å²) in [5, 5.41) is 4.72. The van der Waals surface area contributed by atoms with Crippen molar-refractivity contribution in [3.05, 3.63) is 69.0 Å². The standard InChI is InChI=1S/C25H23F9N2O5/c1-9-16(26)18(28)10(19(29)17(9)27)3-5-14(37)35-7-12-13(41-25(39-2)40-12)8-36-15(38)6-4-11-20(30)22(32)24(34)23(33)21(11)31/h12-13,25H,3-8H2,1-2H3,(H,35,37)(H,36,38). The fraction of sp³-hybridized carbons (Fsp3) is 0.440. The Bertz CT molecular complexity index is 1170. The molecule has 1 aliphatic heterocycles. The Morgan fingerprint density at radius 2 is 0.976 bits per heavy atom. The first-order valence-corrected chi connectivity index (χ1v) is 12.0. The minimum Gasteiger partial charge on any atom is -0.353 e. The third-order valence-electron chi connectivity index (χ3n) is 6.26. The van der Waals surface area contributed by atoms with Gasteiger partial charge in [-0.25, -0.2) is 39.5 Å². The number of hydrogen-bond donors (Lipinski definition) is 2. The van der Waals surface area contributed by atoms with Crippen molar-refractivity contribution in [2.24, 2.45) is 0 Å². The molecule has 0 saturated carbocycles. The summed E-state index contributed by atoms with van der Waals surface area (Å²) in [6.45, 7) is -0.940. The van der Waals surface area contributed by atoms with Gasteiger partial charge in [0.15, 0.2) is 46.5 Å². The molecule has 1 fully saturated rings. The van der Waals surface area contributed by atoms with E-state index in [1.165, 1.54) is 7.11 Å². The Hall–Kier alpha value is -3.37. The van der Waals surface area contributed by atoms with Crippen LogP contribution in [-0.2, 0) is 36.6 Å². The van der Waals surface area contributed by atoms with Crippen LogP contribution in [0.5, 0.6) is 0 Å². The maximum absolute atomic E-state index is 14.0. The number of nitrogens with one attached hydrogen (secondary N) is 2. The molecule has 2 aromatic rings. The number of rotatable bonds is 11. The Labute approximate surface area is 226 Å². The van der Waals surface area contributed by atoms with Gasteiger partial charge in [0.25, 0.3) is 6.48 Å². The maximum Gasteiger partial charge on any atom is 0.272 e. The van der Waals surface area contributed by atoms with Gasteiger partial charge in [0, 0.05) is 49.7 Å². The highest BCUT2D eigenvalue weighted by atomic mass is 19.2. The van der Waals surface area contributed by atoms with Gasteiger partial charge in [0.1, 0.15) is 12.2 Å². The van der Waals surface area contributed by atoms with Crippen molar-refractivity contribution < 1.29 is 63.3 Å². The molecule has 1 saturated heterocycles. The van der Waals surface area contributed by atoms with Gasteiger partial charge in [0.2, 0.25) is 17.6 Å². The van der Waals surface area contributed by atoms with Gasteiger partial charge >= 0.3 is 0 Å². The summed E-state index contributed by atoms with van der Waals surface area (Å²) in [7, 11) is 1.22. The first-order chi connectivity index (χ1) is 19.3. The van der Waals surface area contributed by atoms with E-state index in [1.54, 1.807) is 0 Å². The average Bonchev–Trinajstić information content (AvgIpc) is 3.36. The molecule has 2 N–H and O–H groups in total. The summed E-state index contributed by atoms with van der Waals surface area (Å²) in [6, 6.07) is 0. The molecule has 2 aromatic carbocycles. The van der Waals surface area contributed by atoms with E-state index < -0.39 is 125 Å². The second-order valence-electron chi connectivity index (χ2n) is 8.89. The van der Waals surface area contributed by atoms with Crippen molar-refractivity contribution in [2.75, 3.05) is 20.2 Å². The van der Waals surface area contributed by atoms with Gasteiger partial charge < -0.3 is 24.8 Å². The quantitative estimate of drug-likeness (QED) is 0.233. The minimum atomic E-state index is -2.32. The molecule has 2 amide bonds. The van der Waals surface area contributed by atoms with E-state index in [0.717, 1.165) is 6.92 Å². The summed E-state index contributed by atoms with van der Waals surface area (Å²) < 4.78 is 139. The van der Waals surface area contributed by atoms with Crippen LogP contribution in [0.1, 0.15) is 29.5 Å². The Balaban J connectivity index is 1.53. The number of halogens is 9. The third kappa shape index (κ3) is 7.11. The highest BCUT2D eigenvalue weighted by molar-refractivity contribution is 5.76. The lowest BCUT2D eigenvalue weighted by atomic mass is 10.0. The number of amides is 2. The molecular weight excluding hydrogens is 579 g/mol. The van der Waals surface area contributed by atoms with E-state index >= 15 is 0 Å². The van der Waals surface area contributed by atoms with E-state index in [0.29, 0.717) is 0 Å². The van der Waals surface area contributed by atoms with Crippen LogP contribution in [0, 0.1) is 59.3 Å². The summed E-state index contributed by atoms with van der Waals surface area (Å²) in [6.07, 6.45) is -4.61. The number of hydrogen-bond acceptors (Lipinski definition) is 5. The topological polar surface area (TPSA) is 85.9 Å². The minimum absolute atomic E-state index is 0.272. The summed E-state index contributed by atoms with van der Waals surface area (Å²) in [4.78, 5) is 24.4. The van der Waals surface area contributed by atoms with Crippen molar-refractivity contribution in [1.82, 2.24) is 10.6 Å². The number of ether oxygens (including phenoxy) is 3. The van der Waals surface area contributed by atoms with Crippen molar-refractivity contribution in [2.45, 2.75) is 51.3 Å². The van der Waals surface area contributed by atoms with Crippen molar-refractivity contribution in [1.29, 1.82) is 0 Å². The molecule has 3 unspecified atom stereocenters. The van der Waals surface area contributed by atoms with Crippen LogP contribution in [0.4, 0.5) is 39.5 Å². The molecule has 0 bridgehead atoms.